The molecule has 1 atom stereocenters. The van der Waals surface area contributed by atoms with E-state index in [2.05, 4.69) is 29.8 Å². The van der Waals surface area contributed by atoms with Gasteiger partial charge < -0.3 is 10.1 Å². The van der Waals surface area contributed by atoms with E-state index in [-0.39, 0.29) is 0 Å². The Morgan fingerprint density at radius 1 is 1.32 bits per heavy atom. The van der Waals surface area contributed by atoms with Crippen molar-refractivity contribution >= 4 is 22.9 Å². The van der Waals surface area contributed by atoms with E-state index in [0.29, 0.717) is 6.04 Å². The minimum Gasteiger partial charge on any atom is -0.497 e. The van der Waals surface area contributed by atoms with Crippen molar-refractivity contribution in [1.82, 2.24) is 5.32 Å². The summed E-state index contributed by atoms with van der Waals surface area (Å²) in [4.78, 5) is 0. The fourth-order valence-electron chi connectivity index (χ4n) is 1.89. The van der Waals surface area contributed by atoms with Crippen molar-refractivity contribution in [3.8, 4) is 5.75 Å². The molecule has 0 saturated heterocycles. The van der Waals surface area contributed by atoms with Crippen LogP contribution < -0.4 is 10.1 Å². The molecular formula is C15H18ClNOS. The average molecular weight is 296 g/mol. The van der Waals surface area contributed by atoms with Crippen LogP contribution in [0.5, 0.6) is 5.75 Å². The van der Waals surface area contributed by atoms with E-state index in [4.69, 9.17) is 16.3 Å². The molecule has 4 heteroatoms. The maximum atomic E-state index is 5.94. The van der Waals surface area contributed by atoms with Gasteiger partial charge in [0.2, 0.25) is 0 Å². The first-order chi connectivity index (χ1) is 9.19. The molecule has 1 heterocycles. The first kappa shape index (κ1) is 14.4. The highest BCUT2D eigenvalue weighted by Gasteiger charge is 2.06. The summed E-state index contributed by atoms with van der Waals surface area (Å²) in [5, 5.41) is 5.61. The van der Waals surface area contributed by atoms with Crippen LogP contribution in [0.4, 0.5) is 0 Å². The van der Waals surface area contributed by atoms with Crippen LogP contribution in [0.25, 0.3) is 0 Å². The number of nitrogens with one attached hydrogen (secondary N) is 1. The summed E-state index contributed by atoms with van der Waals surface area (Å²) in [6, 6.07) is 10.6. The Labute approximate surface area is 123 Å². The second-order valence-corrected chi connectivity index (χ2v) is 6.00. The van der Waals surface area contributed by atoms with Crippen molar-refractivity contribution in [3.05, 3.63) is 51.2 Å². The number of hydrogen-bond donors (Lipinski definition) is 1. The number of halogens is 1. The Hall–Kier alpha value is -1.03. The van der Waals surface area contributed by atoms with E-state index < -0.39 is 0 Å². The fraction of sp³-hybridized carbons (Fsp3) is 0.333. The second kappa shape index (κ2) is 6.94. The predicted molar refractivity (Wildman–Crippen MR) is 82.4 cm³/mol. The largest absolute Gasteiger partial charge is 0.497 e. The molecular weight excluding hydrogens is 278 g/mol. The lowest BCUT2D eigenvalue weighted by molar-refractivity contribution is 0.414. The van der Waals surface area contributed by atoms with Gasteiger partial charge in [-0.25, -0.2) is 0 Å². The van der Waals surface area contributed by atoms with Crippen molar-refractivity contribution in [1.29, 1.82) is 0 Å². The van der Waals surface area contributed by atoms with Crippen LogP contribution in [0.2, 0.25) is 4.34 Å². The van der Waals surface area contributed by atoms with Gasteiger partial charge in [0.1, 0.15) is 5.75 Å². The van der Waals surface area contributed by atoms with Gasteiger partial charge in [0.25, 0.3) is 0 Å². The second-order valence-electron chi connectivity index (χ2n) is 4.46. The highest BCUT2D eigenvalue weighted by molar-refractivity contribution is 7.14. The summed E-state index contributed by atoms with van der Waals surface area (Å²) in [6.45, 7) is 3.10. The van der Waals surface area contributed by atoms with Crippen LogP contribution in [0, 0.1) is 0 Å². The van der Waals surface area contributed by atoms with Crippen molar-refractivity contribution in [2.24, 2.45) is 0 Å². The van der Waals surface area contributed by atoms with Crippen molar-refractivity contribution in [2.45, 2.75) is 19.4 Å². The summed E-state index contributed by atoms with van der Waals surface area (Å²) >= 11 is 7.52. The molecule has 0 fully saturated rings. The van der Waals surface area contributed by atoms with Gasteiger partial charge in [-0.05, 0) is 54.6 Å². The Bertz CT molecular complexity index is 509. The lowest BCUT2D eigenvalue weighted by atomic mass is 10.1. The number of rotatable bonds is 6. The lowest BCUT2D eigenvalue weighted by Crippen LogP contribution is -2.20. The summed E-state index contributed by atoms with van der Waals surface area (Å²) < 4.78 is 5.99. The molecule has 0 amide bonds. The quantitative estimate of drug-likeness (QED) is 0.858. The topological polar surface area (TPSA) is 21.3 Å². The van der Waals surface area contributed by atoms with E-state index >= 15 is 0 Å². The SMILES string of the molecule is COc1ccc(CCNC(C)c2csc(Cl)c2)cc1. The van der Waals surface area contributed by atoms with Crippen LogP contribution >= 0.6 is 22.9 Å². The van der Waals surface area contributed by atoms with Gasteiger partial charge in [0.05, 0.1) is 11.4 Å². The van der Waals surface area contributed by atoms with Gasteiger partial charge in [-0.3, -0.25) is 0 Å². The molecule has 0 bridgehead atoms. The monoisotopic (exact) mass is 295 g/mol. The van der Waals surface area contributed by atoms with Crippen LogP contribution in [0.3, 0.4) is 0 Å². The van der Waals surface area contributed by atoms with Crippen molar-refractivity contribution < 1.29 is 4.74 Å². The van der Waals surface area contributed by atoms with Gasteiger partial charge in [0, 0.05) is 6.04 Å². The molecule has 0 aliphatic carbocycles. The Morgan fingerprint density at radius 2 is 2.05 bits per heavy atom. The molecule has 1 aromatic heterocycles. The molecule has 19 heavy (non-hydrogen) atoms. The third kappa shape index (κ3) is 4.23. The van der Waals surface area contributed by atoms with E-state index in [1.54, 1.807) is 18.4 Å². The molecule has 0 radical (unpaired) electrons. The minimum absolute atomic E-state index is 0.335. The maximum absolute atomic E-state index is 5.94. The molecule has 102 valence electrons. The van der Waals surface area contributed by atoms with Gasteiger partial charge in [-0.15, -0.1) is 11.3 Å². The van der Waals surface area contributed by atoms with E-state index in [9.17, 15) is 0 Å². The Balaban J connectivity index is 1.79. The molecule has 0 aliphatic rings. The Kier molecular flexibility index (Phi) is 5.25. The fourth-order valence-corrected chi connectivity index (χ4v) is 2.88. The molecule has 0 saturated carbocycles. The molecule has 2 aromatic rings. The number of thiophene rings is 1. The maximum Gasteiger partial charge on any atom is 0.118 e. The minimum atomic E-state index is 0.335. The molecule has 1 aromatic carbocycles. The van der Waals surface area contributed by atoms with Gasteiger partial charge >= 0.3 is 0 Å². The Morgan fingerprint density at radius 3 is 2.63 bits per heavy atom. The zero-order chi connectivity index (χ0) is 13.7. The van der Waals surface area contributed by atoms with E-state index in [1.807, 2.05) is 18.2 Å². The highest BCUT2D eigenvalue weighted by atomic mass is 35.5. The van der Waals surface area contributed by atoms with E-state index in [0.717, 1.165) is 23.1 Å². The highest BCUT2D eigenvalue weighted by Crippen LogP contribution is 2.24. The van der Waals surface area contributed by atoms with Crippen LogP contribution in [0.1, 0.15) is 24.1 Å². The van der Waals surface area contributed by atoms with Crippen LogP contribution in [-0.2, 0) is 6.42 Å². The first-order valence-electron chi connectivity index (χ1n) is 6.29. The number of benzene rings is 1. The van der Waals surface area contributed by atoms with Gasteiger partial charge in [-0.1, -0.05) is 23.7 Å². The molecule has 2 nitrogen and oxygen atoms in total. The summed E-state index contributed by atoms with van der Waals surface area (Å²) in [6.07, 6.45) is 1.01. The van der Waals surface area contributed by atoms with Crippen LogP contribution in [-0.4, -0.2) is 13.7 Å². The third-order valence-corrected chi connectivity index (χ3v) is 4.22. The predicted octanol–water partition coefficient (Wildman–Crippen LogP) is 4.30. The van der Waals surface area contributed by atoms with Crippen molar-refractivity contribution in [3.63, 3.8) is 0 Å². The number of hydrogen-bond acceptors (Lipinski definition) is 3. The molecule has 1 unspecified atom stereocenters. The molecule has 0 aliphatic heterocycles. The zero-order valence-electron chi connectivity index (χ0n) is 11.2. The normalized spacial score (nSPS) is 12.4. The summed E-state index contributed by atoms with van der Waals surface area (Å²) in [5.41, 5.74) is 2.56. The number of ether oxygens (including phenoxy) is 1. The first-order valence-corrected chi connectivity index (χ1v) is 7.55. The lowest BCUT2D eigenvalue weighted by Gasteiger charge is -2.12. The van der Waals surface area contributed by atoms with Crippen molar-refractivity contribution in [2.75, 3.05) is 13.7 Å². The molecule has 0 spiro atoms. The van der Waals surface area contributed by atoms with Gasteiger partial charge in [-0.2, -0.15) is 0 Å². The summed E-state index contributed by atoms with van der Waals surface area (Å²) in [7, 11) is 1.68. The summed E-state index contributed by atoms with van der Waals surface area (Å²) in [5.74, 6) is 0.901. The third-order valence-electron chi connectivity index (χ3n) is 3.11. The molecule has 1 N–H and O–H groups in total. The number of methoxy groups -OCH3 is 1. The van der Waals surface area contributed by atoms with E-state index in [1.165, 1.54) is 11.1 Å². The van der Waals surface area contributed by atoms with Gasteiger partial charge in [0.15, 0.2) is 0 Å². The smallest absolute Gasteiger partial charge is 0.118 e. The average Bonchev–Trinajstić information content (AvgIpc) is 2.86. The zero-order valence-corrected chi connectivity index (χ0v) is 12.7. The van der Waals surface area contributed by atoms with Crippen LogP contribution in [0.15, 0.2) is 35.7 Å². The molecule has 2 rings (SSSR count). The standard InChI is InChI=1S/C15H18ClNOS/c1-11(13-9-15(16)19-10-13)17-8-7-12-3-5-14(18-2)6-4-12/h3-6,9-11,17H,7-8H2,1-2H3.